The monoisotopic (exact) mass is 277 g/mol. The molecule has 0 bridgehead atoms. The van der Waals surface area contributed by atoms with Gasteiger partial charge in [0.25, 0.3) is 0 Å². The molecular formula is C18H19N3. The Kier molecular flexibility index (Phi) is 3.73. The largest absolute Gasteiger partial charge is 0.369 e. The zero-order valence-electron chi connectivity index (χ0n) is 12.1. The molecule has 1 aliphatic rings. The Bertz CT molecular complexity index is 697. The van der Waals surface area contributed by atoms with E-state index in [-0.39, 0.29) is 0 Å². The molecule has 0 unspecified atom stereocenters. The number of hydrogen-bond donors (Lipinski definition) is 2. The van der Waals surface area contributed by atoms with Crippen molar-refractivity contribution in [1.82, 2.24) is 0 Å². The van der Waals surface area contributed by atoms with Crippen LogP contribution in [0.3, 0.4) is 0 Å². The number of anilines is 1. The van der Waals surface area contributed by atoms with Crippen LogP contribution in [0.15, 0.2) is 53.5 Å². The molecule has 3 heteroatoms. The van der Waals surface area contributed by atoms with Crippen molar-refractivity contribution in [2.45, 2.75) is 19.8 Å². The SMILES string of the molecule is CCc1ccc(NC(N)=Nc2cccc3c2C=CC3)cc1. The van der Waals surface area contributed by atoms with E-state index in [2.05, 4.69) is 47.6 Å². The van der Waals surface area contributed by atoms with Crippen LogP contribution in [0.1, 0.15) is 23.6 Å². The molecular weight excluding hydrogens is 258 g/mol. The van der Waals surface area contributed by atoms with Gasteiger partial charge < -0.3 is 11.1 Å². The third-order valence-corrected chi connectivity index (χ3v) is 3.67. The predicted octanol–water partition coefficient (Wildman–Crippen LogP) is 3.88. The van der Waals surface area contributed by atoms with Gasteiger partial charge in [0.1, 0.15) is 0 Å². The fraction of sp³-hybridized carbons (Fsp3) is 0.167. The van der Waals surface area contributed by atoms with E-state index in [4.69, 9.17) is 5.73 Å². The number of benzene rings is 2. The minimum atomic E-state index is 0.410. The van der Waals surface area contributed by atoms with Gasteiger partial charge in [0.15, 0.2) is 5.96 Å². The number of nitrogens with one attached hydrogen (secondary N) is 1. The summed E-state index contributed by atoms with van der Waals surface area (Å²) in [5.74, 6) is 0.410. The molecule has 0 aromatic heterocycles. The van der Waals surface area contributed by atoms with E-state index in [1.807, 2.05) is 24.3 Å². The number of aryl methyl sites for hydroxylation is 1. The number of nitrogens with two attached hydrogens (primary N) is 1. The lowest BCUT2D eigenvalue weighted by Crippen LogP contribution is -2.22. The van der Waals surface area contributed by atoms with Gasteiger partial charge in [-0.05, 0) is 42.2 Å². The quantitative estimate of drug-likeness (QED) is 0.661. The number of rotatable bonds is 3. The maximum absolute atomic E-state index is 6.02. The number of hydrogen-bond acceptors (Lipinski definition) is 1. The van der Waals surface area contributed by atoms with Gasteiger partial charge in [-0.25, -0.2) is 4.99 Å². The summed E-state index contributed by atoms with van der Waals surface area (Å²) in [5, 5.41) is 3.14. The normalized spacial score (nSPS) is 13.3. The van der Waals surface area contributed by atoms with Gasteiger partial charge in [-0.3, -0.25) is 0 Å². The molecule has 0 fully saturated rings. The topological polar surface area (TPSA) is 50.4 Å². The van der Waals surface area contributed by atoms with Gasteiger partial charge in [0.2, 0.25) is 0 Å². The van der Waals surface area contributed by atoms with Crippen LogP contribution < -0.4 is 11.1 Å². The highest BCUT2D eigenvalue weighted by Gasteiger charge is 2.09. The fourth-order valence-corrected chi connectivity index (χ4v) is 2.50. The van der Waals surface area contributed by atoms with Crippen LogP contribution in [0.2, 0.25) is 0 Å². The average molecular weight is 277 g/mol. The van der Waals surface area contributed by atoms with Crippen molar-refractivity contribution in [3.63, 3.8) is 0 Å². The van der Waals surface area contributed by atoms with Crippen molar-refractivity contribution in [3.8, 4) is 0 Å². The minimum absolute atomic E-state index is 0.410. The summed E-state index contributed by atoms with van der Waals surface area (Å²) in [4.78, 5) is 4.50. The molecule has 2 aromatic carbocycles. The Morgan fingerprint density at radius 3 is 2.76 bits per heavy atom. The summed E-state index contributed by atoms with van der Waals surface area (Å²) in [7, 11) is 0. The standard InChI is InChI=1S/C18H19N3/c1-2-13-9-11-15(12-10-13)20-18(19)21-17-8-4-6-14-5-3-7-16(14)17/h3-4,6-12H,2,5H2,1H3,(H3,19,20,21). The summed E-state index contributed by atoms with van der Waals surface area (Å²) < 4.78 is 0. The summed E-state index contributed by atoms with van der Waals surface area (Å²) in [5.41, 5.74) is 11.7. The first-order valence-electron chi connectivity index (χ1n) is 7.25. The first kappa shape index (κ1) is 13.4. The molecule has 0 radical (unpaired) electrons. The van der Waals surface area contributed by atoms with Crippen LogP contribution in [-0.2, 0) is 12.8 Å². The minimum Gasteiger partial charge on any atom is -0.369 e. The molecule has 106 valence electrons. The van der Waals surface area contributed by atoms with E-state index < -0.39 is 0 Å². The van der Waals surface area contributed by atoms with Crippen molar-refractivity contribution in [2.75, 3.05) is 5.32 Å². The lowest BCUT2D eigenvalue weighted by molar-refractivity contribution is 1.14. The van der Waals surface area contributed by atoms with Crippen LogP contribution in [0.4, 0.5) is 11.4 Å². The molecule has 0 aliphatic heterocycles. The second-order valence-electron chi connectivity index (χ2n) is 5.13. The molecule has 0 saturated carbocycles. The second-order valence-corrected chi connectivity index (χ2v) is 5.13. The van der Waals surface area contributed by atoms with Crippen LogP contribution in [-0.4, -0.2) is 5.96 Å². The van der Waals surface area contributed by atoms with Crippen molar-refractivity contribution < 1.29 is 0 Å². The van der Waals surface area contributed by atoms with Crippen molar-refractivity contribution in [1.29, 1.82) is 0 Å². The predicted molar refractivity (Wildman–Crippen MR) is 89.9 cm³/mol. The molecule has 0 amide bonds. The second kappa shape index (κ2) is 5.83. The number of fused-ring (bicyclic) bond motifs is 1. The van der Waals surface area contributed by atoms with Gasteiger partial charge in [0, 0.05) is 11.3 Å². The lowest BCUT2D eigenvalue weighted by atomic mass is 10.1. The molecule has 1 aliphatic carbocycles. The highest BCUT2D eigenvalue weighted by Crippen LogP contribution is 2.29. The van der Waals surface area contributed by atoms with E-state index in [0.717, 1.165) is 24.2 Å². The maximum atomic E-state index is 6.02. The summed E-state index contributed by atoms with van der Waals surface area (Å²) in [6, 6.07) is 14.4. The molecule has 3 rings (SSSR count). The third kappa shape index (κ3) is 2.97. The van der Waals surface area contributed by atoms with Gasteiger partial charge >= 0.3 is 0 Å². The Balaban J connectivity index is 1.80. The number of guanidine groups is 1. The maximum Gasteiger partial charge on any atom is 0.198 e. The molecule has 21 heavy (non-hydrogen) atoms. The van der Waals surface area contributed by atoms with E-state index >= 15 is 0 Å². The third-order valence-electron chi connectivity index (χ3n) is 3.67. The Hall–Kier alpha value is -2.55. The summed E-state index contributed by atoms with van der Waals surface area (Å²) in [6.07, 6.45) is 6.27. The van der Waals surface area contributed by atoms with Crippen LogP contribution in [0.5, 0.6) is 0 Å². The number of nitrogens with zero attached hydrogens (tertiary/aromatic N) is 1. The van der Waals surface area contributed by atoms with E-state index in [1.165, 1.54) is 16.7 Å². The molecule has 3 N–H and O–H groups in total. The zero-order chi connectivity index (χ0) is 14.7. The highest BCUT2D eigenvalue weighted by atomic mass is 15.1. The Morgan fingerprint density at radius 2 is 2.00 bits per heavy atom. The molecule has 2 aromatic rings. The van der Waals surface area contributed by atoms with Gasteiger partial charge in [-0.1, -0.05) is 43.3 Å². The molecule has 0 heterocycles. The zero-order valence-corrected chi connectivity index (χ0v) is 12.1. The van der Waals surface area contributed by atoms with Gasteiger partial charge in [-0.2, -0.15) is 0 Å². The van der Waals surface area contributed by atoms with Gasteiger partial charge in [-0.15, -0.1) is 0 Å². The van der Waals surface area contributed by atoms with E-state index in [9.17, 15) is 0 Å². The Labute approximate surface area is 125 Å². The molecule has 0 spiro atoms. The van der Waals surface area contributed by atoms with Gasteiger partial charge in [0.05, 0.1) is 5.69 Å². The molecule has 0 saturated heterocycles. The first-order chi connectivity index (χ1) is 10.3. The van der Waals surface area contributed by atoms with Crippen molar-refractivity contribution in [3.05, 3.63) is 65.2 Å². The average Bonchev–Trinajstić information content (AvgIpc) is 2.97. The smallest absolute Gasteiger partial charge is 0.198 e. The van der Waals surface area contributed by atoms with Crippen LogP contribution >= 0.6 is 0 Å². The molecule has 3 nitrogen and oxygen atoms in total. The molecule has 0 atom stereocenters. The number of aliphatic imine (C=N–C) groups is 1. The van der Waals surface area contributed by atoms with Crippen LogP contribution in [0.25, 0.3) is 6.08 Å². The first-order valence-corrected chi connectivity index (χ1v) is 7.25. The van der Waals surface area contributed by atoms with Crippen molar-refractivity contribution in [2.24, 2.45) is 10.7 Å². The Morgan fingerprint density at radius 1 is 1.19 bits per heavy atom. The van der Waals surface area contributed by atoms with Crippen molar-refractivity contribution >= 4 is 23.4 Å². The lowest BCUT2D eigenvalue weighted by Gasteiger charge is -2.08. The summed E-state index contributed by atoms with van der Waals surface area (Å²) >= 11 is 0. The van der Waals surface area contributed by atoms with E-state index in [1.54, 1.807) is 0 Å². The van der Waals surface area contributed by atoms with E-state index in [0.29, 0.717) is 5.96 Å². The fourth-order valence-electron chi connectivity index (χ4n) is 2.50. The summed E-state index contributed by atoms with van der Waals surface area (Å²) in [6.45, 7) is 2.14. The number of allylic oxidation sites excluding steroid dienone is 1. The van der Waals surface area contributed by atoms with Crippen LogP contribution in [0, 0.1) is 0 Å². The highest BCUT2D eigenvalue weighted by molar-refractivity contribution is 5.94.